The Balaban J connectivity index is 2.70. The quantitative estimate of drug-likeness (QED) is 0.641. The van der Waals surface area contributed by atoms with Crippen LogP contribution >= 0.6 is 11.8 Å². The maximum Gasteiger partial charge on any atom is 0.312 e. The van der Waals surface area contributed by atoms with Crippen LogP contribution in [0, 0.1) is 5.41 Å². The minimum Gasteiger partial charge on any atom is -0.469 e. The number of rotatable bonds is 6. The standard InChI is InChI=1S/C15H23NO2S/c1-11(16-4)12-7-6-8-13(9-12)19-10-15(2,3)14(17)18-5/h6-9,11,16H,10H2,1-5H3. The minimum absolute atomic E-state index is 0.167. The molecule has 1 aromatic carbocycles. The van der Waals surface area contributed by atoms with E-state index in [1.54, 1.807) is 11.8 Å². The van der Waals surface area contributed by atoms with Gasteiger partial charge >= 0.3 is 5.97 Å². The number of carbonyl (C=O) groups is 1. The largest absolute Gasteiger partial charge is 0.469 e. The monoisotopic (exact) mass is 281 g/mol. The SMILES string of the molecule is CNC(C)c1cccc(SCC(C)(C)C(=O)OC)c1. The normalized spacial score (nSPS) is 13.1. The molecule has 0 saturated heterocycles. The van der Waals surface area contributed by atoms with Crippen molar-refractivity contribution >= 4 is 17.7 Å². The summed E-state index contributed by atoms with van der Waals surface area (Å²) in [4.78, 5) is 12.8. The highest BCUT2D eigenvalue weighted by Crippen LogP contribution is 2.29. The van der Waals surface area contributed by atoms with Crippen LogP contribution in [0.25, 0.3) is 0 Å². The molecule has 0 aliphatic carbocycles. The number of methoxy groups -OCH3 is 1. The Kier molecular flexibility index (Phi) is 5.88. The molecule has 1 N–H and O–H groups in total. The van der Waals surface area contributed by atoms with E-state index in [-0.39, 0.29) is 5.97 Å². The predicted molar refractivity (Wildman–Crippen MR) is 80.4 cm³/mol. The maximum absolute atomic E-state index is 11.6. The fraction of sp³-hybridized carbons (Fsp3) is 0.533. The molecule has 4 heteroatoms. The lowest BCUT2D eigenvalue weighted by Crippen LogP contribution is -2.28. The molecule has 0 aliphatic heterocycles. The van der Waals surface area contributed by atoms with Gasteiger partial charge in [0.2, 0.25) is 0 Å². The van der Waals surface area contributed by atoms with Crippen LogP contribution in [0.15, 0.2) is 29.2 Å². The van der Waals surface area contributed by atoms with E-state index in [4.69, 9.17) is 4.74 Å². The van der Waals surface area contributed by atoms with Crippen molar-refractivity contribution in [2.24, 2.45) is 5.41 Å². The van der Waals surface area contributed by atoms with Crippen molar-refractivity contribution in [3.8, 4) is 0 Å². The van der Waals surface area contributed by atoms with Crippen molar-refractivity contribution in [3.63, 3.8) is 0 Å². The summed E-state index contributed by atoms with van der Waals surface area (Å²) in [6, 6.07) is 8.73. The van der Waals surface area contributed by atoms with Crippen LogP contribution in [-0.4, -0.2) is 25.9 Å². The van der Waals surface area contributed by atoms with Gasteiger partial charge < -0.3 is 10.1 Å². The molecule has 19 heavy (non-hydrogen) atoms. The Hall–Kier alpha value is -1.00. The summed E-state index contributed by atoms with van der Waals surface area (Å²) < 4.78 is 4.82. The second kappa shape index (κ2) is 6.96. The number of hydrogen-bond donors (Lipinski definition) is 1. The molecule has 0 aromatic heterocycles. The van der Waals surface area contributed by atoms with Crippen molar-refractivity contribution in [2.75, 3.05) is 19.9 Å². The molecule has 0 aliphatic rings. The fourth-order valence-electron chi connectivity index (χ4n) is 1.64. The van der Waals surface area contributed by atoms with E-state index in [2.05, 4.69) is 36.5 Å². The Morgan fingerprint density at radius 3 is 2.74 bits per heavy atom. The third kappa shape index (κ3) is 4.55. The lowest BCUT2D eigenvalue weighted by Gasteiger charge is -2.21. The molecule has 1 unspecified atom stereocenters. The molecule has 1 aromatic rings. The van der Waals surface area contributed by atoms with Gasteiger partial charge in [-0.1, -0.05) is 12.1 Å². The van der Waals surface area contributed by atoms with Crippen LogP contribution < -0.4 is 5.32 Å². The van der Waals surface area contributed by atoms with Crippen LogP contribution in [0.4, 0.5) is 0 Å². The van der Waals surface area contributed by atoms with Gasteiger partial charge in [0.05, 0.1) is 12.5 Å². The van der Waals surface area contributed by atoms with E-state index in [0.29, 0.717) is 11.8 Å². The average Bonchev–Trinajstić information content (AvgIpc) is 2.43. The Morgan fingerprint density at radius 2 is 2.16 bits per heavy atom. The number of carbonyl (C=O) groups excluding carboxylic acids is 1. The number of hydrogen-bond acceptors (Lipinski definition) is 4. The highest BCUT2D eigenvalue weighted by molar-refractivity contribution is 7.99. The lowest BCUT2D eigenvalue weighted by molar-refractivity contribution is -0.149. The van der Waals surface area contributed by atoms with Crippen LogP contribution in [-0.2, 0) is 9.53 Å². The van der Waals surface area contributed by atoms with E-state index in [9.17, 15) is 4.79 Å². The first-order valence-electron chi connectivity index (χ1n) is 6.39. The summed E-state index contributed by atoms with van der Waals surface area (Å²) in [5.74, 6) is 0.539. The average molecular weight is 281 g/mol. The topological polar surface area (TPSA) is 38.3 Å². The third-order valence-corrected chi connectivity index (χ3v) is 4.58. The van der Waals surface area contributed by atoms with Gasteiger partial charge in [0.25, 0.3) is 0 Å². The number of thioether (sulfide) groups is 1. The van der Waals surface area contributed by atoms with Crippen LogP contribution in [0.3, 0.4) is 0 Å². The minimum atomic E-state index is -0.468. The first kappa shape index (κ1) is 16.1. The highest BCUT2D eigenvalue weighted by atomic mass is 32.2. The van der Waals surface area contributed by atoms with Crippen molar-refractivity contribution in [3.05, 3.63) is 29.8 Å². The molecule has 3 nitrogen and oxygen atoms in total. The van der Waals surface area contributed by atoms with E-state index < -0.39 is 5.41 Å². The van der Waals surface area contributed by atoms with E-state index in [1.807, 2.05) is 20.9 Å². The summed E-state index contributed by atoms with van der Waals surface area (Å²) >= 11 is 1.68. The zero-order chi connectivity index (χ0) is 14.5. The van der Waals surface area contributed by atoms with Crippen LogP contribution in [0.5, 0.6) is 0 Å². The van der Waals surface area contributed by atoms with E-state index in [1.165, 1.54) is 17.6 Å². The molecule has 1 rings (SSSR count). The zero-order valence-electron chi connectivity index (χ0n) is 12.3. The summed E-state index contributed by atoms with van der Waals surface area (Å²) in [6.45, 7) is 5.94. The second-order valence-corrected chi connectivity index (χ2v) is 6.30. The van der Waals surface area contributed by atoms with Gasteiger partial charge in [-0.25, -0.2) is 0 Å². The third-order valence-electron chi connectivity index (χ3n) is 3.13. The fourth-order valence-corrected chi connectivity index (χ4v) is 2.68. The van der Waals surface area contributed by atoms with Gasteiger partial charge in [0.15, 0.2) is 0 Å². The van der Waals surface area contributed by atoms with Gasteiger partial charge in [-0.3, -0.25) is 4.79 Å². The molecule has 0 radical (unpaired) electrons. The van der Waals surface area contributed by atoms with Crippen molar-refractivity contribution in [1.82, 2.24) is 5.32 Å². The lowest BCUT2D eigenvalue weighted by atomic mass is 9.97. The molecule has 0 saturated carbocycles. The zero-order valence-corrected chi connectivity index (χ0v) is 13.1. The molecule has 0 heterocycles. The summed E-state index contributed by atoms with van der Waals surface area (Å²) in [6.07, 6.45) is 0. The molecule has 0 spiro atoms. The van der Waals surface area contributed by atoms with Gasteiger partial charge in [-0.15, -0.1) is 11.8 Å². The maximum atomic E-state index is 11.6. The molecule has 0 fully saturated rings. The number of ether oxygens (including phenoxy) is 1. The first-order chi connectivity index (χ1) is 8.90. The summed E-state index contributed by atoms with van der Waals surface area (Å²) in [7, 11) is 3.38. The molecule has 0 amide bonds. The van der Waals surface area contributed by atoms with Gasteiger partial charge in [0.1, 0.15) is 0 Å². The van der Waals surface area contributed by atoms with E-state index >= 15 is 0 Å². The smallest absolute Gasteiger partial charge is 0.312 e. The molecule has 0 bridgehead atoms. The number of nitrogens with one attached hydrogen (secondary N) is 1. The molecule has 1 atom stereocenters. The van der Waals surface area contributed by atoms with Crippen molar-refractivity contribution in [1.29, 1.82) is 0 Å². The Labute approximate surface area is 120 Å². The molecule has 106 valence electrons. The van der Waals surface area contributed by atoms with Gasteiger partial charge in [0, 0.05) is 16.7 Å². The number of esters is 1. The van der Waals surface area contributed by atoms with Crippen LogP contribution in [0.2, 0.25) is 0 Å². The second-order valence-electron chi connectivity index (χ2n) is 5.25. The summed E-state index contributed by atoms with van der Waals surface area (Å²) in [5, 5.41) is 3.22. The summed E-state index contributed by atoms with van der Waals surface area (Å²) in [5.41, 5.74) is 0.785. The molecular formula is C15H23NO2S. The van der Waals surface area contributed by atoms with Gasteiger partial charge in [-0.05, 0) is 45.5 Å². The van der Waals surface area contributed by atoms with Crippen molar-refractivity contribution in [2.45, 2.75) is 31.7 Å². The Bertz CT molecular complexity index is 432. The Morgan fingerprint density at radius 1 is 1.47 bits per heavy atom. The predicted octanol–water partition coefficient (Wildman–Crippen LogP) is 3.26. The van der Waals surface area contributed by atoms with Crippen molar-refractivity contribution < 1.29 is 9.53 Å². The highest BCUT2D eigenvalue weighted by Gasteiger charge is 2.28. The number of benzene rings is 1. The van der Waals surface area contributed by atoms with E-state index in [0.717, 1.165) is 0 Å². The first-order valence-corrected chi connectivity index (χ1v) is 7.37. The van der Waals surface area contributed by atoms with Gasteiger partial charge in [-0.2, -0.15) is 0 Å². The molecular weight excluding hydrogens is 258 g/mol. The van der Waals surface area contributed by atoms with Crippen LogP contribution in [0.1, 0.15) is 32.4 Å².